The molecule has 2 saturated heterocycles. The summed E-state index contributed by atoms with van der Waals surface area (Å²) in [5, 5.41) is 1.43. The van der Waals surface area contributed by atoms with Gasteiger partial charge in [-0.05, 0) is 19.8 Å². The topological polar surface area (TPSA) is 127 Å². The number of hydroxylamine groups is 2. The van der Waals surface area contributed by atoms with Crippen LogP contribution in [0.3, 0.4) is 0 Å². The summed E-state index contributed by atoms with van der Waals surface area (Å²) in [6.07, 6.45) is 6.04. The monoisotopic (exact) mass is 415 g/mol. The molecule has 11 heteroatoms. The summed E-state index contributed by atoms with van der Waals surface area (Å²) in [6.45, 7) is 3.28. The average Bonchev–Trinajstić information content (AvgIpc) is 3.23. The van der Waals surface area contributed by atoms with Crippen LogP contribution in [-0.4, -0.2) is 56.5 Å². The number of piperidine rings is 1. The number of halogens is 1. The summed E-state index contributed by atoms with van der Waals surface area (Å²) >= 11 is 0. The standard InChI is InChI=1S/C19H22FN7O3/c1-11-8-22-10-14(24-11)15-4-7-30-27(15)18(29)12-2-5-26(6-3-12)19-23-9-13(20)16(25-19)17(21)28/h8-10,12,15H,2-7H2,1H3,(H2,21,28)/t15-/m0/s1. The third kappa shape index (κ3) is 3.92. The molecule has 0 bridgehead atoms. The summed E-state index contributed by atoms with van der Waals surface area (Å²) in [5.41, 5.74) is 6.22. The van der Waals surface area contributed by atoms with Crippen LogP contribution >= 0.6 is 0 Å². The van der Waals surface area contributed by atoms with E-state index in [0.29, 0.717) is 39.0 Å². The van der Waals surface area contributed by atoms with Crippen molar-refractivity contribution in [2.75, 3.05) is 24.6 Å². The molecule has 2 aliphatic rings. The van der Waals surface area contributed by atoms with E-state index in [1.54, 1.807) is 12.4 Å². The Morgan fingerprint density at radius 1 is 1.17 bits per heavy atom. The lowest BCUT2D eigenvalue weighted by molar-refractivity contribution is -0.182. The molecule has 4 rings (SSSR count). The van der Waals surface area contributed by atoms with Gasteiger partial charge < -0.3 is 10.6 Å². The predicted octanol–water partition coefficient (Wildman–Crippen LogP) is 0.935. The van der Waals surface area contributed by atoms with Crippen LogP contribution in [0.1, 0.15) is 47.2 Å². The summed E-state index contributed by atoms with van der Waals surface area (Å²) in [4.78, 5) is 48.4. The molecule has 0 saturated carbocycles. The Kier molecular flexibility index (Phi) is 5.53. The quantitative estimate of drug-likeness (QED) is 0.781. The highest BCUT2D eigenvalue weighted by Gasteiger charge is 2.38. The second-order valence-electron chi connectivity index (χ2n) is 7.38. The van der Waals surface area contributed by atoms with E-state index < -0.39 is 17.4 Å². The fraction of sp³-hybridized carbons (Fsp3) is 0.474. The predicted molar refractivity (Wildman–Crippen MR) is 102 cm³/mol. The van der Waals surface area contributed by atoms with Crippen molar-refractivity contribution in [2.45, 2.75) is 32.2 Å². The Morgan fingerprint density at radius 3 is 2.63 bits per heavy atom. The van der Waals surface area contributed by atoms with Gasteiger partial charge in [0.25, 0.3) is 5.91 Å². The number of carbonyl (C=O) groups is 2. The lowest BCUT2D eigenvalue weighted by atomic mass is 9.95. The molecule has 2 aromatic rings. The van der Waals surface area contributed by atoms with Crippen molar-refractivity contribution in [3.05, 3.63) is 41.5 Å². The molecule has 30 heavy (non-hydrogen) atoms. The van der Waals surface area contributed by atoms with Gasteiger partial charge in [-0.15, -0.1) is 0 Å². The number of nitrogens with zero attached hydrogens (tertiary/aromatic N) is 6. The normalized spacial score (nSPS) is 19.9. The molecule has 2 aromatic heterocycles. The first-order chi connectivity index (χ1) is 14.4. The molecule has 2 N–H and O–H groups in total. The molecule has 0 radical (unpaired) electrons. The second-order valence-corrected chi connectivity index (χ2v) is 7.38. The van der Waals surface area contributed by atoms with Crippen molar-refractivity contribution in [1.82, 2.24) is 25.0 Å². The van der Waals surface area contributed by atoms with Crippen molar-refractivity contribution in [3.63, 3.8) is 0 Å². The molecule has 0 spiro atoms. The number of primary amides is 1. The molecule has 1 atom stereocenters. The van der Waals surface area contributed by atoms with Crippen LogP contribution in [0.5, 0.6) is 0 Å². The number of rotatable bonds is 4. The van der Waals surface area contributed by atoms with Gasteiger partial charge in [-0.25, -0.2) is 19.4 Å². The fourth-order valence-electron chi connectivity index (χ4n) is 3.79. The third-order valence-electron chi connectivity index (χ3n) is 5.33. The van der Waals surface area contributed by atoms with E-state index in [9.17, 15) is 14.0 Å². The van der Waals surface area contributed by atoms with E-state index in [-0.39, 0.29) is 23.8 Å². The number of amides is 2. The molecule has 2 fully saturated rings. The van der Waals surface area contributed by atoms with Gasteiger partial charge in [-0.2, -0.15) is 0 Å². The van der Waals surface area contributed by atoms with Gasteiger partial charge in [0.2, 0.25) is 11.9 Å². The first kappa shape index (κ1) is 20.1. The van der Waals surface area contributed by atoms with E-state index in [1.807, 2.05) is 11.8 Å². The largest absolute Gasteiger partial charge is 0.364 e. The Hall–Kier alpha value is -3.21. The Bertz CT molecular complexity index is 965. The zero-order chi connectivity index (χ0) is 21.3. The maximum Gasteiger partial charge on any atom is 0.270 e. The third-order valence-corrected chi connectivity index (χ3v) is 5.33. The van der Waals surface area contributed by atoms with Crippen molar-refractivity contribution < 1.29 is 18.8 Å². The van der Waals surface area contributed by atoms with Crippen LogP contribution in [0.2, 0.25) is 0 Å². The molecule has 0 aliphatic carbocycles. The second kappa shape index (κ2) is 8.27. The summed E-state index contributed by atoms with van der Waals surface area (Å²) in [6, 6.07) is -0.249. The van der Waals surface area contributed by atoms with Crippen LogP contribution < -0.4 is 10.6 Å². The maximum atomic E-state index is 13.6. The van der Waals surface area contributed by atoms with Gasteiger partial charge in [0.05, 0.1) is 30.4 Å². The smallest absolute Gasteiger partial charge is 0.270 e. The molecular formula is C19H22FN7O3. The molecule has 2 aliphatic heterocycles. The number of aryl methyl sites for hydroxylation is 1. The van der Waals surface area contributed by atoms with Crippen LogP contribution in [0.4, 0.5) is 10.3 Å². The molecule has 158 valence electrons. The first-order valence-corrected chi connectivity index (χ1v) is 9.76. The van der Waals surface area contributed by atoms with Crippen molar-refractivity contribution in [2.24, 2.45) is 11.7 Å². The van der Waals surface area contributed by atoms with Gasteiger partial charge in [-0.3, -0.25) is 24.4 Å². The molecule has 0 unspecified atom stereocenters. The SMILES string of the molecule is Cc1cncc([C@@H]2CCON2C(=O)C2CCN(c3ncc(F)c(C(N)=O)n3)CC2)n1. The molecule has 10 nitrogen and oxygen atoms in total. The fourth-order valence-corrected chi connectivity index (χ4v) is 3.79. The zero-order valence-electron chi connectivity index (χ0n) is 16.5. The maximum absolute atomic E-state index is 13.6. The summed E-state index contributed by atoms with van der Waals surface area (Å²) < 4.78 is 13.6. The van der Waals surface area contributed by atoms with E-state index >= 15 is 0 Å². The van der Waals surface area contributed by atoms with Crippen molar-refractivity contribution in [1.29, 1.82) is 0 Å². The first-order valence-electron chi connectivity index (χ1n) is 9.76. The number of anilines is 1. The highest BCUT2D eigenvalue weighted by Crippen LogP contribution is 2.32. The van der Waals surface area contributed by atoms with Gasteiger partial charge in [0, 0.05) is 31.6 Å². The van der Waals surface area contributed by atoms with Crippen LogP contribution in [0.15, 0.2) is 18.6 Å². The number of nitrogens with two attached hydrogens (primary N) is 1. The van der Waals surface area contributed by atoms with Gasteiger partial charge in [-0.1, -0.05) is 0 Å². The van der Waals surface area contributed by atoms with Crippen molar-refractivity contribution in [3.8, 4) is 0 Å². The van der Waals surface area contributed by atoms with E-state index in [1.165, 1.54) is 5.06 Å². The van der Waals surface area contributed by atoms with Gasteiger partial charge >= 0.3 is 0 Å². The lowest BCUT2D eigenvalue weighted by Gasteiger charge is -2.33. The minimum Gasteiger partial charge on any atom is -0.364 e. The van der Waals surface area contributed by atoms with Gasteiger partial charge in [0.15, 0.2) is 11.5 Å². The highest BCUT2D eigenvalue weighted by molar-refractivity contribution is 5.91. The van der Waals surface area contributed by atoms with Crippen LogP contribution in [0, 0.1) is 18.7 Å². The van der Waals surface area contributed by atoms with Crippen LogP contribution in [0.25, 0.3) is 0 Å². The minimum atomic E-state index is -0.947. The molecule has 2 amide bonds. The molecular weight excluding hydrogens is 393 g/mol. The minimum absolute atomic E-state index is 0.0849. The number of carbonyl (C=O) groups excluding carboxylic acids is 2. The zero-order valence-corrected chi connectivity index (χ0v) is 16.5. The average molecular weight is 415 g/mol. The lowest BCUT2D eigenvalue weighted by Crippen LogP contribution is -2.42. The highest BCUT2D eigenvalue weighted by atomic mass is 19.1. The molecule has 0 aromatic carbocycles. The summed E-state index contributed by atoms with van der Waals surface area (Å²) in [7, 11) is 0. The Balaban J connectivity index is 1.42. The Morgan fingerprint density at radius 2 is 1.93 bits per heavy atom. The number of hydrogen-bond acceptors (Lipinski definition) is 8. The van der Waals surface area contributed by atoms with E-state index in [2.05, 4.69) is 19.9 Å². The summed E-state index contributed by atoms with van der Waals surface area (Å²) in [5.74, 6) is -1.89. The van der Waals surface area contributed by atoms with Crippen molar-refractivity contribution >= 4 is 17.8 Å². The number of aromatic nitrogens is 4. The molecule has 4 heterocycles. The van der Waals surface area contributed by atoms with E-state index in [4.69, 9.17) is 10.6 Å². The van der Waals surface area contributed by atoms with Gasteiger partial charge in [0.1, 0.15) is 6.04 Å². The number of hydrogen-bond donors (Lipinski definition) is 1. The Labute approximate surface area is 172 Å². The van der Waals surface area contributed by atoms with E-state index in [0.717, 1.165) is 17.6 Å². The van der Waals surface area contributed by atoms with Crippen LogP contribution in [-0.2, 0) is 9.63 Å².